The van der Waals surface area contributed by atoms with E-state index in [4.69, 9.17) is 15.0 Å². The molecule has 0 aliphatic carbocycles. The SMILES string of the molecule is CCOC(=O)C(N)c1ccc(-c2noc(C)n2)cc1. The molecule has 1 aromatic carbocycles. The second kappa shape index (κ2) is 5.62. The molecule has 1 unspecified atom stereocenters. The molecular formula is C13H15N3O3. The Morgan fingerprint density at radius 1 is 1.42 bits per heavy atom. The lowest BCUT2D eigenvalue weighted by atomic mass is 10.1. The standard InChI is InChI=1S/C13H15N3O3/c1-3-18-13(17)11(14)9-4-6-10(7-5-9)12-15-8(2)19-16-12/h4-7,11H,3,14H2,1-2H3. The number of carbonyl (C=O) groups is 1. The van der Waals surface area contributed by atoms with Crippen LogP contribution in [0.3, 0.4) is 0 Å². The van der Waals surface area contributed by atoms with Crippen molar-refractivity contribution in [3.05, 3.63) is 35.7 Å². The number of aryl methyl sites for hydroxylation is 1. The number of carbonyl (C=O) groups excluding carboxylic acids is 1. The van der Waals surface area contributed by atoms with Crippen LogP contribution >= 0.6 is 0 Å². The molecule has 100 valence electrons. The summed E-state index contributed by atoms with van der Waals surface area (Å²) in [5.74, 6) is 0.571. The lowest BCUT2D eigenvalue weighted by Crippen LogP contribution is -2.23. The zero-order valence-corrected chi connectivity index (χ0v) is 10.8. The highest BCUT2D eigenvalue weighted by Gasteiger charge is 2.17. The zero-order chi connectivity index (χ0) is 13.8. The van der Waals surface area contributed by atoms with Gasteiger partial charge in [-0.1, -0.05) is 29.4 Å². The molecule has 0 bridgehead atoms. The van der Waals surface area contributed by atoms with E-state index in [1.807, 2.05) is 0 Å². The van der Waals surface area contributed by atoms with Gasteiger partial charge in [-0.15, -0.1) is 0 Å². The van der Waals surface area contributed by atoms with E-state index >= 15 is 0 Å². The lowest BCUT2D eigenvalue weighted by molar-refractivity contribution is -0.144. The van der Waals surface area contributed by atoms with E-state index in [-0.39, 0.29) is 0 Å². The lowest BCUT2D eigenvalue weighted by Gasteiger charge is -2.10. The fourth-order valence-electron chi connectivity index (χ4n) is 1.62. The molecule has 0 amide bonds. The minimum Gasteiger partial charge on any atom is -0.465 e. The first-order valence-electron chi connectivity index (χ1n) is 5.94. The molecule has 0 saturated heterocycles. The van der Waals surface area contributed by atoms with Crippen LogP contribution in [-0.4, -0.2) is 22.7 Å². The van der Waals surface area contributed by atoms with Gasteiger partial charge in [-0.2, -0.15) is 4.98 Å². The van der Waals surface area contributed by atoms with E-state index in [0.29, 0.717) is 23.9 Å². The fourth-order valence-corrected chi connectivity index (χ4v) is 1.62. The monoisotopic (exact) mass is 261 g/mol. The van der Waals surface area contributed by atoms with Crippen LogP contribution in [-0.2, 0) is 9.53 Å². The van der Waals surface area contributed by atoms with E-state index in [0.717, 1.165) is 5.56 Å². The Labute approximate surface area is 110 Å². The van der Waals surface area contributed by atoms with E-state index in [1.165, 1.54) is 0 Å². The minimum atomic E-state index is -0.777. The van der Waals surface area contributed by atoms with Crippen LogP contribution < -0.4 is 5.73 Å². The van der Waals surface area contributed by atoms with Gasteiger partial charge < -0.3 is 15.0 Å². The van der Waals surface area contributed by atoms with Crippen LogP contribution in [0.15, 0.2) is 28.8 Å². The molecule has 2 N–H and O–H groups in total. The molecule has 2 aromatic rings. The van der Waals surface area contributed by atoms with Crippen LogP contribution in [0.4, 0.5) is 0 Å². The largest absolute Gasteiger partial charge is 0.465 e. The summed E-state index contributed by atoms with van der Waals surface area (Å²) in [6, 6.07) is 6.31. The first-order valence-corrected chi connectivity index (χ1v) is 5.94. The highest BCUT2D eigenvalue weighted by Crippen LogP contribution is 2.19. The molecule has 1 atom stereocenters. The van der Waals surface area contributed by atoms with Gasteiger partial charge in [0.05, 0.1) is 6.61 Å². The number of benzene rings is 1. The van der Waals surface area contributed by atoms with Gasteiger partial charge in [0.15, 0.2) is 0 Å². The number of nitrogens with zero attached hydrogens (tertiary/aromatic N) is 2. The van der Waals surface area contributed by atoms with Gasteiger partial charge in [0.25, 0.3) is 0 Å². The number of ether oxygens (including phenoxy) is 1. The predicted molar refractivity (Wildman–Crippen MR) is 68.0 cm³/mol. The van der Waals surface area contributed by atoms with E-state index in [2.05, 4.69) is 10.1 Å². The summed E-state index contributed by atoms with van der Waals surface area (Å²) in [7, 11) is 0. The van der Waals surface area contributed by atoms with Gasteiger partial charge in [0, 0.05) is 12.5 Å². The summed E-state index contributed by atoms with van der Waals surface area (Å²) in [6.07, 6.45) is 0. The van der Waals surface area contributed by atoms with Crippen LogP contribution in [0.25, 0.3) is 11.4 Å². The van der Waals surface area contributed by atoms with Crippen molar-refractivity contribution in [2.24, 2.45) is 5.73 Å². The molecule has 0 saturated carbocycles. The summed E-state index contributed by atoms with van der Waals surface area (Å²) in [4.78, 5) is 15.6. The Morgan fingerprint density at radius 3 is 2.63 bits per heavy atom. The molecule has 0 radical (unpaired) electrons. The Morgan fingerprint density at radius 2 is 2.11 bits per heavy atom. The Bertz CT molecular complexity index is 563. The Hall–Kier alpha value is -2.21. The van der Waals surface area contributed by atoms with E-state index in [9.17, 15) is 4.79 Å². The van der Waals surface area contributed by atoms with Crippen molar-refractivity contribution >= 4 is 5.97 Å². The first-order chi connectivity index (χ1) is 9.11. The zero-order valence-electron chi connectivity index (χ0n) is 10.8. The van der Waals surface area contributed by atoms with Crippen molar-refractivity contribution < 1.29 is 14.1 Å². The van der Waals surface area contributed by atoms with Crippen molar-refractivity contribution in [1.82, 2.24) is 10.1 Å². The maximum absolute atomic E-state index is 11.5. The van der Waals surface area contributed by atoms with Gasteiger partial charge in [0.1, 0.15) is 6.04 Å². The van der Waals surface area contributed by atoms with Crippen LogP contribution in [0.2, 0.25) is 0 Å². The highest BCUT2D eigenvalue weighted by atomic mass is 16.5. The molecule has 1 heterocycles. The van der Waals surface area contributed by atoms with E-state index < -0.39 is 12.0 Å². The molecule has 2 rings (SSSR count). The van der Waals surface area contributed by atoms with Gasteiger partial charge in [-0.25, -0.2) is 4.79 Å². The fraction of sp³-hybridized carbons (Fsp3) is 0.308. The van der Waals surface area contributed by atoms with Gasteiger partial charge >= 0.3 is 5.97 Å². The topological polar surface area (TPSA) is 91.2 Å². The average molecular weight is 261 g/mol. The predicted octanol–water partition coefficient (Wildman–Crippen LogP) is 1.61. The van der Waals surface area contributed by atoms with Crippen molar-refractivity contribution in [2.75, 3.05) is 6.61 Å². The van der Waals surface area contributed by atoms with Crippen molar-refractivity contribution in [2.45, 2.75) is 19.9 Å². The third-order valence-electron chi connectivity index (χ3n) is 2.60. The number of rotatable bonds is 4. The van der Waals surface area contributed by atoms with Gasteiger partial charge in [0.2, 0.25) is 11.7 Å². The number of hydrogen-bond acceptors (Lipinski definition) is 6. The number of hydrogen-bond donors (Lipinski definition) is 1. The molecule has 6 nitrogen and oxygen atoms in total. The summed E-state index contributed by atoms with van der Waals surface area (Å²) in [6.45, 7) is 3.78. The second-order valence-electron chi connectivity index (χ2n) is 3.99. The third kappa shape index (κ3) is 2.97. The number of aromatic nitrogens is 2. The Kier molecular flexibility index (Phi) is 3.91. The first kappa shape index (κ1) is 13.2. The van der Waals surface area contributed by atoms with Gasteiger partial charge in [-0.05, 0) is 12.5 Å². The third-order valence-corrected chi connectivity index (χ3v) is 2.60. The summed E-state index contributed by atoms with van der Waals surface area (Å²) < 4.78 is 9.78. The molecule has 0 aliphatic heterocycles. The number of nitrogens with two attached hydrogens (primary N) is 1. The average Bonchev–Trinajstić information content (AvgIpc) is 2.85. The maximum atomic E-state index is 11.5. The molecule has 0 fully saturated rings. The molecule has 0 aliphatic rings. The molecule has 0 spiro atoms. The van der Waals surface area contributed by atoms with E-state index in [1.54, 1.807) is 38.1 Å². The maximum Gasteiger partial charge on any atom is 0.327 e. The van der Waals surface area contributed by atoms with Crippen molar-refractivity contribution in [3.8, 4) is 11.4 Å². The van der Waals surface area contributed by atoms with Crippen molar-refractivity contribution in [3.63, 3.8) is 0 Å². The summed E-state index contributed by atoms with van der Waals surface area (Å²) in [5.41, 5.74) is 7.28. The quantitative estimate of drug-likeness (QED) is 0.841. The molecule has 19 heavy (non-hydrogen) atoms. The van der Waals surface area contributed by atoms with Crippen molar-refractivity contribution in [1.29, 1.82) is 0 Å². The van der Waals surface area contributed by atoms with Gasteiger partial charge in [-0.3, -0.25) is 0 Å². The minimum absolute atomic E-state index is 0.312. The van der Waals surface area contributed by atoms with Crippen LogP contribution in [0.5, 0.6) is 0 Å². The second-order valence-corrected chi connectivity index (χ2v) is 3.99. The highest BCUT2D eigenvalue weighted by molar-refractivity contribution is 5.77. The Balaban J connectivity index is 2.16. The van der Waals surface area contributed by atoms with Crippen LogP contribution in [0, 0.1) is 6.92 Å². The molecule has 6 heteroatoms. The summed E-state index contributed by atoms with van der Waals surface area (Å²) >= 11 is 0. The number of esters is 1. The molecule has 1 aromatic heterocycles. The summed E-state index contributed by atoms with van der Waals surface area (Å²) in [5, 5.41) is 3.82. The smallest absolute Gasteiger partial charge is 0.327 e. The normalized spacial score (nSPS) is 12.2. The molecular weight excluding hydrogens is 246 g/mol. The van der Waals surface area contributed by atoms with Crippen LogP contribution in [0.1, 0.15) is 24.4 Å².